The predicted molar refractivity (Wildman–Crippen MR) is 83.9 cm³/mol. The molecule has 2 heterocycles. The van der Waals surface area contributed by atoms with E-state index in [9.17, 15) is 14.9 Å². The Balaban J connectivity index is 2.35. The molecule has 2 rings (SSSR count). The summed E-state index contributed by atoms with van der Waals surface area (Å²) in [5, 5.41) is 10.9. The molecular weight excluding hydrogens is 284 g/mol. The first-order valence-corrected chi connectivity index (χ1v) is 7.55. The van der Waals surface area contributed by atoms with Crippen LogP contribution in [0.25, 0.3) is 0 Å². The van der Waals surface area contributed by atoms with Crippen molar-refractivity contribution in [1.82, 2.24) is 4.98 Å². The van der Waals surface area contributed by atoms with Gasteiger partial charge in [0, 0.05) is 19.2 Å². The molecule has 22 heavy (non-hydrogen) atoms. The first kappa shape index (κ1) is 16.2. The van der Waals surface area contributed by atoms with Crippen molar-refractivity contribution in [2.45, 2.75) is 39.5 Å². The summed E-state index contributed by atoms with van der Waals surface area (Å²) in [5.74, 6) is -0.228. The summed E-state index contributed by atoms with van der Waals surface area (Å²) in [4.78, 5) is 28.1. The number of carbonyl (C=O) groups is 1. The Morgan fingerprint density at radius 1 is 1.59 bits per heavy atom. The number of nitrogens with zero attached hydrogens (tertiary/aromatic N) is 3. The largest absolute Gasteiger partial charge is 0.365 e. The second-order valence-electron chi connectivity index (χ2n) is 6.27. The fourth-order valence-corrected chi connectivity index (χ4v) is 3.28. The quantitative estimate of drug-likeness (QED) is 0.665. The number of aromatic nitrogens is 1. The van der Waals surface area contributed by atoms with Gasteiger partial charge in [0.05, 0.1) is 10.5 Å². The highest BCUT2D eigenvalue weighted by Crippen LogP contribution is 2.36. The highest BCUT2D eigenvalue weighted by molar-refractivity contribution is 5.98. The van der Waals surface area contributed by atoms with Gasteiger partial charge in [-0.2, -0.15) is 0 Å². The number of nitrogens with two attached hydrogens (primary N) is 1. The molecule has 1 aliphatic heterocycles. The van der Waals surface area contributed by atoms with Gasteiger partial charge in [-0.3, -0.25) is 14.9 Å². The topological polar surface area (TPSA) is 102 Å². The summed E-state index contributed by atoms with van der Waals surface area (Å²) >= 11 is 0. The molecule has 0 aromatic carbocycles. The minimum absolute atomic E-state index is 0.120. The minimum Gasteiger partial charge on any atom is -0.365 e. The van der Waals surface area contributed by atoms with Crippen molar-refractivity contribution in [2.24, 2.45) is 11.1 Å². The molecule has 0 saturated carbocycles. The number of pyridine rings is 1. The zero-order chi connectivity index (χ0) is 16.3. The first-order chi connectivity index (χ1) is 10.4. The van der Waals surface area contributed by atoms with Crippen molar-refractivity contribution >= 4 is 17.4 Å². The molecule has 1 unspecified atom stereocenters. The molecular formula is C15H22N4O3. The molecule has 0 radical (unpaired) electrons. The number of rotatable bonds is 5. The Hall–Kier alpha value is -2.18. The van der Waals surface area contributed by atoms with Gasteiger partial charge < -0.3 is 10.6 Å². The Labute approximate surface area is 129 Å². The number of amides is 1. The maximum atomic E-state index is 11.7. The Kier molecular flexibility index (Phi) is 4.63. The van der Waals surface area contributed by atoms with Gasteiger partial charge in [0.1, 0.15) is 12.0 Å². The molecule has 120 valence electrons. The second-order valence-corrected chi connectivity index (χ2v) is 6.27. The number of hydrogen-bond donors (Lipinski definition) is 1. The van der Waals surface area contributed by atoms with Crippen LogP contribution in [0.3, 0.4) is 0 Å². The summed E-state index contributed by atoms with van der Waals surface area (Å²) in [5.41, 5.74) is 5.46. The van der Waals surface area contributed by atoms with E-state index in [1.807, 2.05) is 4.90 Å². The van der Waals surface area contributed by atoms with E-state index in [0.29, 0.717) is 5.82 Å². The van der Waals surface area contributed by atoms with E-state index in [-0.39, 0.29) is 16.7 Å². The lowest BCUT2D eigenvalue weighted by Crippen LogP contribution is -2.43. The number of anilines is 1. The van der Waals surface area contributed by atoms with Crippen LogP contribution < -0.4 is 10.6 Å². The van der Waals surface area contributed by atoms with Crippen molar-refractivity contribution in [3.63, 3.8) is 0 Å². The molecule has 1 aromatic heterocycles. The maximum Gasteiger partial charge on any atom is 0.288 e. The lowest BCUT2D eigenvalue weighted by atomic mass is 9.78. The summed E-state index contributed by atoms with van der Waals surface area (Å²) in [6.07, 6.45) is 5.53. The highest BCUT2D eigenvalue weighted by atomic mass is 16.6. The molecule has 1 aromatic rings. The van der Waals surface area contributed by atoms with Crippen molar-refractivity contribution in [3.05, 3.63) is 27.9 Å². The molecule has 0 spiro atoms. The van der Waals surface area contributed by atoms with Gasteiger partial charge in [-0.05, 0) is 24.7 Å². The fraction of sp³-hybridized carbons (Fsp3) is 0.600. The summed E-state index contributed by atoms with van der Waals surface area (Å²) < 4.78 is 0. The van der Waals surface area contributed by atoms with E-state index >= 15 is 0 Å². The lowest BCUT2D eigenvalue weighted by Gasteiger charge is -2.41. The van der Waals surface area contributed by atoms with Crippen molar-refractivity contribution < 1.29 is 9.72 Å². The van der Waals surface area contributed by atoms with Gasteiger partial charge in [-0.1, -0.05) is 20.3 Å². The van der Waals surface area contributed by atoms with E-state index in [1.165, 1.54) is 12.3 Å². The average Bonchev–Trinajstić information content (AvgIpc) is 2.46. The van der Waals surface area contributed by atoms with Gasteiger partial charge in [-0.25, -0.2) is 4.98 Å². The van der Waals surface area contributed by atoms with Crippen LogP contribution in [0.1, 0.15) is 49.9 Å². The fourth-order valence-electron chi connectivity index (χ4n) is 3.28. The van der Waals surface area contributed by atoms with Crippen molar-refractivity contribution in [2.75, 3.05) is 18.0 Å². The number of nitro groups is 1. The Morgan fingerprint density at radius 3 is 2.91 bits per heavy atom. The van der Waals surface area contributed by atoms with Crippen LogP contribution in [0.4, 0.5) is 11.5 Å². The second kappa shape index (κ2) is 6.29. The highest BCUT2D eigenvalue weighted by Gasteiger charge is 2.32. The number of primary amides is 1. The van der Waals surface area contributed by atoms with Crippen LogP contribution >= 0.6 is 0 Å². The zero-order valence-corrected chi connectivity index (χ0v) is 13.0. The van der Waals surface area contributed by atoms with E-state index in [4.69, 9.17) is 5.73 Å². The number of piperidine rings is 1. The number of carbonyl (C=O) groups excluding carboxylic acids is 1. The molecule has 0 aliphatic carbocycles. The molecule has 1 aliphatic rings. The van der Waals surface area contributed by atoms with Gasteiger partial charge in [0.2, 0.25) is 0 Å². The van der Waals surface area contributed by atoms with Crippen LogP contribution in [0, 0.1) is 15.5 Å². The Bertz CT molecular complexity index is 586. The lowest BCUT2D eigenvalue weighted by molar-refractivity contribution is -0.385. The molecule has 1 saturated heterocycles. The van der Waals surface area contributed by atoms with Gasteiger partial charge in [0.25, 0.3) is 11.6 Å². The molecule has 2 N–H and O–H groups in total. The monoisotopic (exact) mass is 306 g/mol. The smallest absolute Gasteiger partial charge is 0.288 e. The standard InChI is InChI=1S/C15H22N4O3/c1-3-5-15(2)6-4-7-18(10-15)14-12(13(16)20)8-11(9-17-14)19(21)22/h8-9H,3-7,10H2,1-2H3,(H2,16,20). The third-order valence-corrected chi connectivity index (χ3v) is 4.26. The summed E-state index contributed by atoms with van der Waals surface area (Å²) in [7, 11) is 0. The van der Waals surface area contributed by atoms with E-state index in [1.54, 1.807) is 0 Å². The van der Waals surface area contributed by atoms with Crippen LogP contribution in [0.15, 0.2) is 12.3 Å². The third kappa shape index (κ3) is 3.35. The van der Waals surface area contributed by atoms with Gasteiger partial charge >= 0.3 is 0 Å². The summed E-state index contributed by atoms with van der Waals surface area (Å²) in [6.45, 7) is 5.96. The zero-order valence-electron chi connectivity index (χ0n) is 13.0. The number of hydrogen-bond acceptors (Lipinski definition) is 5. The first-order valence-electron chi connectivity index (χ1n) is 7.55. The van der Waals surface area contributed by atoms with Crippen molar-refractivity contribution in [3.8, 4) is 0 Å². The summed E-state index contributed by atoms with van der Waals surface area (Å²) in [6, 6.07) is 1.22. The van der Waals surface area contributed by atoms with E-state index in [0.717, 1.165) is 38.8 Å². The van der Waals surface area contributed by atoms with Crippen LogP contribution in [-0.2, 0) is 0 Å². The SMILES string of the molecule is CCCC1(C)CCCN(c2ncc([N+](=O)[O-])cc2C(N)=O)C1. The van der Waals surface area contributed by atoms with Gasteiger partial charge in [-0.15, -0.1) is 0 Å². The average molecular weight is 306 g/mol. The predicted octanol–water partition coefficient (Wildman–Crippen LogP) is 2.50. The van der Waals surface area contributed by atoms with Crippen molar-refractivity contribution in [1.29, 1.82) is 0 Å². The normalized spacial score (nSPS) is 21.6. The van der Waals surface area contributed by atoms with E-state index in [2.05, 4.69) is 18.8 Å². The molecule has 0 bridgehead atoms. The maximum absolute atomic E-state index is 11.7. The molecule has 7 nitrogen and oxygen atoms in total. The van der Waals surface area contributed by atoms with E-state index < -0.39 is 10.8 Å². The van der Waals surface area contributed by atoms with Crippen LogP contribution in [-0.4, -0.2) is 28.9 Å². The third-order valence-electron chi connectivity index (χ3n) is 4.26. The molecule has 7 heteroatoms. The molecule has 1 fully saturated rings. The minimum atomic E-state index is -0.686. The Morgan fingerprint density at radius 2 is 2.32 bits per heavy atom. The van der Waals surface area contributed by atoms with Gasteiger partial charge in [0.15, 0.2) is 0 Å². The molecule has 1 amide bonds. The van der Waals surface area contributed by atoms with Crippen LogP contribution in [0.5, 0.6) is 0 Å². The van der Waals surface area contributed by atoms with Crippen LogP contribution in [0.2, 0.25) is 0 Å². The molecule has 1 atom stereocenters.